The number of esters is 1. The number of hydrogen-bond donors (Lipinski definition) is 0. The van der Waals surface area contributed by atoms with Gasteiger partial charge in [0.1, 0.15) is 29.6 Å². The molecule has 0 bridgehead atoms. The van der Waals surface area contributed by atoms with Gasteiger partial charge in [-0.3, -0.25) is 4.79 Å². The molecule has 1 heterocycles. The van der Waals surface area contributed by atoms with Crippen LogP contribution in [0.3, 0.4) is 0 Å². The quantitative estimate of drug-likeness (QED) is 0.411. The first-order chi connectivity index (χ1) is 14.9. The van der Waals surface area contributed by atoms with Gasteiger partial charge in [0.2, 0.25) is 10.0 Å². The first-order valence-corrected chi connectivity index (χ1v) is 11.5. The fraction of sp³-hybridized carbons (Fsp3) is 0.381. The van der Waals surface area contributed by atoms with Gasteiger partial charge in [-0.25, -0.2) is 8.42 Å². The molecule has 0 amide bonds. The molecule has 0 N–H and O–H groups in total. The summed E-state index contributed by atoms with van der Waals surface area (Å²) in [6.07, 6.45) is -0.0816. The van der Waals surface area contributed by atoms with E-state index in [0.717, 1.165) is 0 Å². The molecule has 0 atom stereocenters. The monoisotopic (exact) mass is 469 g/mol. The lowest BCUT2D eigenvalue weighted by atomic mass is 10.1. The predicted molar refractivity (Wildman–Crippen MR) is 114 cm³/mol. The van der Waals surface area contributed by atoms with Crippen molar-refractivity contribution in [3.05, 3.63) is 53.1 Å². The number of rotatable bonds is 9. The number of ether oxygens (including phenoxy) is 4. The SMILES string of the molecule is COc1ccc(CC(=O)OCCOc2ccccc2Cl)cc1S(=O)(=O)N1CCOCC1. The van der Waals surface area contributed by atoms with E-state index in [9.17, 15) is 13.2 Å². The van der Waals surface area contributed by atoms with Crippen LogP contribution in [-0.2, 0) is 30.7 Å². The summed E-state index contributed by atoms with van der Waals surface area (Å²) in [5, 5.41) is 0.473. The second-order valence-electron chi connectivity index (χ2n) is 6.68. The molecule has 1 saturated heterocycles. The minimum atomic E-state index is -3.77. The van der Waals surface area contributed by atoms with E-state index < -0.39 is 16.0 Å². The molecule has 8 nitrogen and oxygen atoms in total. The molecule has 1 fully saturated rings. The number of carbonyl (C=O) groups excluding carboxylic acids is 1. The van der Waals surface area contributed by atoms with Gasteiger partial charge in [0.15, 0.2) is 0 Å². The molecule has 0 spiro atoms. The van der Waals surface area contributed by atoms with E-state index in [4.69, 9.17) is 30.5 Å². The van der Waals surface area contributed by atoms with Gasteiger partial charge in [0.05, 0.1) is 31.8 Å². The number of nitrogens with zero attached hydrogens (tertiary/aromatic N) is 1. The second kappa shape index (κ2) is 10.8. The van der Waals surface area contributed by atoms with Gasteiger partial charge in [-0.15, -0.1) is 0 Å². The number of benzene rings is 2. The Kier molecular flexibility index (Phi) is 8.14. The Morgan fingerprint density at radius 1 is 1.10 bits per heavy atom. The van der Waals surface area contributed by atoms with E-state index in [1.165, 1.54) is 23.5 Å². The Morgan fingerprint density at radius 3 is 2.55 bits per heavy atom. The van der Waals surface area contributed by atoms with Crippen molar-refractivity contribution in [3.63, 3.8) is 0 Å². The third-order valence-electron chi connectivity index (χ3n) is 4.60. The Balaban J connectivity index is 1.60. The van der Waals surface area contributed by atoms with Crippen LogP contribution in [0.2, 0.25) is 5.02 Å². The van der Waals surface area contributed by atoms with Gasteiger partial charge in [-0.05, 0) is 29.8 Å². The fourth-order valence-electron chi connectivity index (χ4n) is 3.05. The van der Waals surface area contributed by atoms with Gasteiger partial charge in [-0.1, -0.05) is 29.8 Å². The highest BCUT2D eigenvalue weighted by Gasteiger charge is 2.29. The van der Waals surface area contributed by atoms with E-state index in [1.54, 1.807) is 30.3 Å². The maximum atomic E-state index is 13.0. The molecule has 3 rings (SSSR count). The zero-order valence-corrected chi connectivity index (χ0v) is 18.7. The van der Waals surface area contributed by atoms with Gasteiger partial charge in [0.25, 0.3) is 0 Å². The Bertz CT molecular complexity index is 1010. The summed E-state index contributed by atoms with van der Waals surface area (Å²) >= 11 is 6.00. The maximum Gasteiger partial charge on any atom is 0.310 e. The first-order valence-electron chi connectivity index (χ1n) is 9.69. The highest BCUT2D eigenvalue weighted by molar-refractivity contribution is 7.89. The number of carbonyl (C=O) groups is 1. The molecular formula is C21H24ClNO7S. The average Bonchev–Trinajstić information content (AvgIpc) is 2.78. The van der Waals surface area contributed by atoms with Crippen molar-refractivity contribution in [1.82, 2.24) is 4.31 Å². The minimum Gasteiger partial charge on any atom is -0.495 e. The van der Waals surface area contributed by atoms with Crippen LogP contribution >= 0.6 is 11.6 Å². The third-order valence-corrected chi connectivity index (χ3v) is 6.84. The van der Waals surface area contributed by atoms with Gasteiger partial charge in [0, 0.05) is 13.1 Å². The fourth-order valence-corrected chi connectivity index (χ4v) is 4.85. The summed E-state index contributed by atoms with van der Waals surface area (Å²) in [6, 6.07) is 11.6. The van der Waals surface area contributed by atoms with E-state index in [-0.39, 0.29) is 43.4 Å². The number of halogens is 1. The topological polar surface area (TPSA) is 91.4 Å². The van der Waals surface area contributed by atoms with Crippen LogP contribution in [0.5, 0.6) is 11.5 Å². The van der Waals surface area contributed by atoms with E-state index >= 15 is 0 Å². The first kappa shape index (κ1) is 23.3. The summed E-state index contributed by atoms with van der Waals surface area (Å²) in [5.74, 6) is 0.229. The highest BCUT2D eigenvalue weighted by Crippen LogP contribution is 2.28. The Morgan fingerprint density at radius 2 is 1.84 bits per heavy atom. The molecule has 10 heteroatoms. The van der Waals surface area contributed by atoms with Crippen molar-refractivity contribution in [1.29, 1.82) is 0 Å². The number of para-hydroxylation sites is 1. The van der Waals surface area contributed by atoms with E-state index in [1.807, 2.05) is 0 Å². The number of methoxy groups -OCH3 is 1. The minimum absolute atomic E-state index is 0.0178. The Hall–Kier alpha value is -2.33. The van der Waals surface area contributed by atoms with Crippen LogP contribution in [-0.4, -0.2) is 65.3 Å². The molecule has 0 saturated carbocycles. The normalized spacial score (nSPS) is 14.8. The third kappa shape index (κ3) is 6.10. The van der Waals surface area contributed by atoms with Crippen LogP contribution in [0.1, 0.15) is 5.56 Å². The van der Waals surface area contributed by atoms with E-state index in [0.29, 0.717) is 29.5 Å². The zero-order valence-electron chi connectivity index (χ0n) is 17.1. The van der Waals surface area contributed by atoms with E-state index in [2.05, 4.69) is 0 Å². The van der Waals surface area contributed by atoms with Crippen molar-refractivity contribution < 1.29 is 32.2 Å². The van der Waals surface area contributed by atoms with Crippen molar-refractivity contribution in [2.45, 2.75) is 11.3 Å². The molecule has 0 aliphatic carbocycles. The van der Waals surface area contributed by atoms with Crippen molar-refractivity contribution >= 4 is 27.6 Å². The van der Waals surface area contributed by atoms with Crippen molar-refractivity contribution in [2.24, 2.45) is 0 Å². The molecule has 2 aromatic carbocycles. The molecule has 0 unspecified atom stereocenters. The molecule has 1 aliphatic rings. The van der Waals surface area contributed by atoms with Crippen LogP contribution in [0, 0.1) is 0 Å². The zero-order chi connectivity index (χ0) is 22.3. The summed E-state index contributed by atoms with van der Waals surface area (Å²) in [5.41, 5.74) is 0.504. The van der Waals surface area contributed by atoms with Gasteiger partial charge < -0.3 is 18.9 Å². The molecule has 1 aliphatic heterocycles. The van der Waals surface area contributed by atoms with Crippen molar-refractivity contribution in [3.8, 4) is 11.5 Å². The van der Waals surface area contributed by atoms with Gasteiger partial charge >= 0.3 is 5.97 Å². The van der Waals surface area contributed by atoms with Crippen LogP contribution in [0.25, 0.3) is 0 Å². The summed E-state index contributed by atoms with van der Waals surface area (Å²) in [6.45, 7) is 1.40. The summed E-state index contributed by atoms with van der Waals surface area (Å²) in [7, 11) is -2.37. The summed E-state index contributed by atoms with van der Waals surface area (Å²) in [4.78, 5) is 12.2. The standard InChI is InChI=1S/C21H24ClNO7S/c1-27-19-7-6-16(14-20(19)31(25,26)23-8-10-28-11-9-23)15-21(24)30-13-12-29-18-5-3-2-4-17(18)22/h2-7,14H,8-13,15H2,1H3. The van der Waals surface area contributed by atoms with Crippen LogP contribution in [0.15, 0.2) is 47.4 Å². The highest BCUT2D eigenvalue weighted by atomic mass is 35.5. The van der Waals surface area contributed by atoms with Gasteiger partial charge in [-0.2, -0.15) is 4.31 Å². The lowest BCUT2D eigenvalue weighted by Gasteiger charge is -2.26. The Labute approximate surface area is 186 Å². The largest absolute Gasteiger partial charge is 0.495 e. The number of morpholine rings is 1. The predicted octanol–water partition coefficient (Wildman–Crippen LogP) is 2.53. The smallest absolute Gasteiger partial charge is 0.310 e. The molecular weight excluding hydrogens is 446 g/mol. The van der Waals surface area contributed by atoms with Crippen LogP contribution < -0.4 is 9.47 Å². The lowest BCUT2D eigenvalue weighted by Crippen LogP contribution is -2.40. The second-order valence-corrected chi connectivity index (χ2v) is 8.99. The molecule has 0 radical (unpaired) electrons. The van der Waals surface area contributed by atoms with Crippen LogP contribution in [0.4, 0.5) is 0 Å². The molecule has 2 aromatic rings. The average molecular weight is 470 g/mol. The molecule has 31 heavy (non-hydrogen) atoms. The number of sulfonamides is 1. The lowest BCUT2D eigenvalue weighted by molar-refractivity contribution is -0.143. The summed E-state index contributed by atoms with van der Waals surface area (Å²) < 4.78 is 48.5. The number of hydrogen-bond acceptors (Lipinski definition) is 7. The molecule has 168 valence electrons. The van der Waals surface area contributed by atoms with Crippen molar-refractivity contribution in [2.75, 3.05) is 46.6 Å². The molecule has 0 aromatic heterocycles. The maximum absolute atomic E-state index is 13.0.